The van der Waals surface area contributed by atoms with Gasteiger partial charge < -0.3 is 19.6 Å². The van der Waals surface area contributed by atoms with Crippen LogP contribution in [0.2, 0.25) is 0 Å². The molecule has 1 saturated heterocycles. The van der Waals surface area contributed by atoms with E-state index < -0.39 is 17.7 Å². The molecule has 2 aromatic rings. The zero-order valence-electron chi connectivity index (χ0n) is 18.5. The molecule has 1 N–H and O–H groups in total. The molecule has 0 radical (unpaired) electrons. The first-order chi connectivity index (χ1) is 14.9. The molecule has 0 spiro atoms. The van der Waals surface area contributed by atoms with Gasteiger partial charge in [-0.1, -0.05) is 19.9 Å². The molecule has 1 atom stereocenters. The van der Waals surface area contributed by atoms with Gasteiger partial charge in [-0.15, -0.1) is 0 Å². The number of ketones is 1. The summed E-state index contributed by atoms with van der Waals surface area (Å²) in [7, 11) is 1.58. The number of aromatic nitrogens is 1. The molecular weight excluding hydrogens is 394 g/mol. The number of aliphatic hydroxyl groups is 1. The number of Topliss-reactive ketones (excluding diaryl/α,β-unsaturated/α-hetero) is 1. The molecule has 1 aromatic heterocycles. The van der Waals surface area contributed by atoms with Gasteiger partial charge in [-0.05, 0) is 55.4 Å². The molecule has 2 heterocycles. The third-order valence-corrected chi connectivity index (χ3v) is 5.76. The first-order valence-electron chi connectivity index (χ1n) is 10.5. The third-order valence-electron chi connectivity index (χ3n) is 5.76. The number of aliphatic hydroxyl groups excluding tert-OH is 1. The van der Waals surface area contributed by atoms with Crippen molar-refractivity contribution >= 4 is 17.4 Å². The normalized spacial score (nSPS) is 18.1. The Morgan fingerprint density at radius 1 is 1.23 bits per heavy atom. The number of ether oxygens (including phenoxy) is 1. The number of amides is 1. The van der Waals surface area contributed by atoms with Gasteiger partial charge >= 0.3 is 0 Å². The van der Waals surface area contributed by atoms with Crippen molar-refractivity contribution < 1.29 is 19.4 Å². The largest absolute Gasteiger partial charge is 0.507 e. The molecule has 0 saturated carbocycles. The lowest BCUT2D eigenvalue weighted by Crippen LogP contribution is -2.38. The molecular formula is C24H29N3O4. The number of carbonyl (C=O) groups excluding carboxylic acids is 2. The van der Waals surface area contributed by atoms with Crippen molar-refractivity contribution in [3.05, 3.63) is 65.0 Å². The molecule has 0 bridgehead atoms. The number of pyridine rings is 1. The summed E-state index contributed by atoms with van der Waals surface area (Å²) >= 11 is 0. The standard InChI is InChI=1S/C24H29N3O4/c1-5-26(6-2)12-13-27-21(18-8-7-11-25-15-18)20(23(29)24(27)30)22(28)17-9-10-19(31-4)16(3)14-17/h7-11,14-15,21,28H,5-6,12-13H2,1-4H3/b22-20+/t21-/m0/s1. The summed E-state index contributed by atoms with van der Waals surface area (Å²) < 4.78 is 5.29. The number of rotatable bonds is 8. The fourth-order valence-electron chi connectivity index (χ4n) is 3.97. The predicted molar refractivity (Wildman–Crippen MR) is 119 cm³/mol. The molecule has 1 amide bonds. The topological polar surface area (TPSA) is 83.0 Å². The Labute approximate surface area is 183 Å². The van der Waals surface area contributed by atoms with Crippen molar-refractivity contribution in [2.45, 2.75) is 26.8 Å². The SMILES string of the molecule is CCN(CC)CCN1C(=O)C(=O)/C(=C(/O)c2ccc(OC)c(C)c2)[C@@H]1c1cccnc1. The second kappa shape index (κ2) is 9.75. The lowest BCUT2D eigenvalue weighted by Gasteiger charge is -2.28. The van der Waals surface area contributed by atoms with Crippen LogP contribution in [-0.4, -0.2) is 64.9 Å². The Kier molecular flexibility index (Phi) is 7.07. The molecule has 1 fully saturated rings. The Morgan fingerprint density at radius 2 is 1.97 bits per heavy atom. The summed E-state index contributed by atoms with van der Waals surface area (Å²) in [4.78, 5) is 33.9. The highest BCUT2D eigenvalue weighted by Crippen LogP contribution is 2.39. The summed E-state index contributed by atoms with van der Waals surface area (Å²) in [5.41, 5.74) is 2.06. The van der Waals surface area contributed by atoms with Gasteiger partial charge in [-0.2, -0.15) is 0 Å². The van der Waals surface area contributed by atoms with Crippen LogP contribution < -0.4 is 4.74 Å². The number of likely N-dealkylation sites (tertiary alicyclic amines) is 1. The van der Waals surface area contributed by atoms with Crippen LogP contribution in [0.4, 0.5) is 0 Å². The maximum absolute atomic E-state index is 13.0. The van der Waals surface area contributed by atoms with E-state index in [1.807, 2.05) is 13.0 Å². The second-order valence-electron chi connectivity index (χ2n) is 7.49. The van der Waals surface area contributed by atoms with Gasteiger partial charge in [-0.3, -0.25) is 14.6 Å². The van der Waals surface area contributed by atoms with E-state index in [1.54, 1.807) is 48.7 Å². The molecule has 164 valence electrons. The highest BCUT2D eigenvalue weighted by molar-refractivity contribution is 6.46. The van der Waals surface area contributed by atoms with Gasteiger partial charge in [0.2, 0.25) is 0 Å². The van der Waals surface area contributed by atoms with Crippen LogP contribution in [0.15, 0.2) is 48.3 Å². The van der Waals surface area contributed by atoms with E-state index in [0.717, 1.165) is 18.7 Å². The van der Waals surface area contributed by atoms with E-state index in [4.69, 9.17) is 4.74 Å². The minimum atomic E-state index is -0.688. The lowest BCUT2D eigenvalue weighted by molar-refractivity contribution is -0.140. The molecule has 0 aliphatic carbocycles. The third kappa shape index (κ3) is 4.46. The van der Waals surface area contributed by atoms with Gasteiger partial charge in [0.15, 0.2) is 0 Å². The summed E-state index contributed by atoms with van der Waals surface area (Å²) in [5.74, 6) is -0.796. The molecule has 31 heavy (non-hydrogen) atoms. The second-order valence-corrected chi connectivity index (χ2v) is 7.49. The number of carbonyl (C=O) groups is 2. The summed E-state index contributed by atoms with van der Waals surface area (Å²) in [5, 5.41) is 11.1. The van der Waals surface area contributed by atoms with Crippen molar-refractivity contribution in [3.8, 4) is 5.75 Å². The summed E-state index contributed by atoms with van der Waals surface area (Å²) in [6.07, 6.45) is 3.27. The van der Waals surface area contributed by atoms with E-state index in [0.29, 0.717) is 30.0 Å². The molecule has 7 nitrogen and oxygen atoms in total. The molecule has 3 rings (SSSR count). The van der Waals surface area contributed by atoms with Crippen LogP contribution in [0, 0.1) is 6.92 Å². The van der Waals surface area contributed by atoms with Crippen molar-refractivity contribution in [3.63, 3.8) is 0 Å². The van der Waals surface area contributed by atoms with Crippen LogP contribution in [0.3, 0.4) is 0 Å². The molecule has 7 heteroatoms. The first-order valence-corrected chi connectivity index (χ1v) is 10.5. The van der Waals surface area contributed by atoms with E-state index >= 15 is 0 Å². The monoisotopic (exact) mass is 423 g/mol. The van der Waals surface area contributed by atoms with Crippen LogP contribution >= 0.6 is 0 Å². The zero-order valence-corrected chi connectivity index (χ0v) is 18.5. The maximum atomic E-state index is 13.0. The Balaban J connectivity index is 2.08. The van der Waals surface area contributed by atoms with Gasteiger partial charge in [0.25, 0.3) is 11.7 Å². The fraction of sp³-hybridized carbons (Fsp3) is 0.375. The number of methoxy groups -OCH3 is 1. The Bertz CT molecular complexity index is 984. The van der Waals surface area contributed by atoms with Crippen LogP contribution in [-0.2, 0) is 9.59 Å². The molecule has 1 aromatic carbocycles. The Hall–Kier alpha value is -3.19. The minimum absolute atomic E-state index is 0.0853. The number of nitrogens with zero attached hydrogens (tertiary/aromatic N) is 3. The van der Waals surface area contributed by atoms with E-state index in [1.165, 1.54) is 0 Å². The number of hydrogen-bond donors (Lipinski definition) is 1. The van der Waals surface area contributed by atoms with Crippen LogP contribution in [0.5, 0.6) is 5.75 Å². The van der Waals surface area contributed by atoms with Gasteiger partial charge in [0.1, 0.15) is 11.5 Å². The average Bonchev–Trinajstić information content (AvgIpc) is 3.04. The highest BCUT2D eigenvalue weighted by atomic mass is 16.5. The van der Waals surface area contributed by atoms with Crippen molar-refractivity contribution in [2.24, 2.45) is 0 Å². The Morgan fingerprint density at radius 3 is 2.55 bits per heavy atom. The lowest BCUT2D eigenvalue weighted by atomic mass is 9.95. The van der Waals surface area contributed by atoms with Gasteiger partial charge in [0, 0.05) is 31.0 Å². The van der Waals surface area contributed by atoms with Gasteiger partial charge in [0.05, 0.1) is 18.7 Å². The predicted octanol–water partition coefficient (Wildman–Crippen LogP) is 3.16. The van der Waals surface area contributed by atoms with Crippen molar-refractivity contribution in [1.29, 1.82) is 0 Å². The number of aryl methyl sites for hydroxylation is 1. The quantitative estimate of drug-likeness (QED) is 0.399. The molecule has 0 unspecified atom stereocenters. The summed E-state index contributed by atoms with van der Waals surface area (Å²) in [6.45, 7) is 8.69. The van der Waals surface area contributed by atoms with E-state index in [2.05, 4.69) is 23.7 Å². The summed E-state index contributed by atoms with van der Waals surface area (Å²) in [6, 6.07) is 8.06. The average molecular weight is 424 g/mol. The van der Waals surface area contributed by atoms with E-state index in [9.17, 15) is 14.7 Å². The van der Waals surface area contributed by atoms with Crippen molar-refractivity contribution in [2.75, 3.05) is 33.3 Å². The number of hydrogen-bond acceptors (Lipinski definition) is 6. The van der Waals surface area contributed by atoms with Gasteiger partial charge in [-0.25, -0.2) is 0 Å². The van der Waals surface area contributed by atoms with E-state index in [-0.39, 0.29) is 11.3 Å². The van der Waals surface area contributed by atoms with Crippen LogP contribution in [0.25, 0.3) is 5.76 Å². The zero-order chi connectivity index (χ0) is 22.5. The molecule has 1 aliphatic rings. The first kappa shape index (κ1) is 22.5. The number of likely N-dealkylation sites (N-methyl/N-ethyl adjacent to an activating group) is 1. The van der Waals surface area contributed by atoms with Crippen LogP contribution in [0.1, 0.15) is 36.6 Å². The highest BCUT2D eigenvalue weighted by Gasteiger charge is 2.46. The molecule has 1 aliphatic heterocycles. The fourth-order valence-corrected chi connectivity index (χ4v) is 3.97. The van der Waals surface area contributed by atoms with Crippen molar-refractivity contribution in [1.82, 2.24) is 14.8 Å². The maximum Gasteiger partial charge on any atom is 0.295 e. The number of benzene rings is 1. The smallest absolute Gasteiger partial charge is 0.295 e. The minimum Gasteiger partial charge on any atom is -0.507 e.